The average molecular weight is 362 g/mol. The van der Waals surface area contributed by atoms with Gasteiger partial charge in [-0.15, -0.1) is 11.3 Å². The van der Waals surface area contributed by atoms with Crippen molar-refractivity contribution in [1.82, 2.24) is 10.2 Å². The zero-order valence-corrected chi connectivity index (χ0v) is 15.4. The minimum atomic E-state index is 0.0928. The maximum atomic E-state index is 6.04. The third-order valence-electron chi connectivity index (χ3n) is 4.27. The van der Waals surface area contributed by atoms with Gasteiger partial charge in [-0.3, -0.25) is 9.89 Å². The number of nitrogens with zero attached hydrogens (tertiary/aromatic N) is 2. The van der Waals surface area contributed by atoms with Gasteiger partial charge in [0.15, 0.2) is 5.96 Å². The van der Waals surface area contributed by atoms with Gasteiger partial charge in [0.25, 0.3) is 0 Å². The number of hydrogen-bond acceptors (Lipinski definition) is 5. The molecule has 0 aliphatic carbocycles. The first-order chi connectivity index (χ1) is 12.2. The van der Waals surface area contributed by atoms with Crippen molar-refractivity contribution in [3.05, 3.63) is 46.0 Å². The Morgan fingerprint density at radius 3 is 2.88 bits per heavy atom. The van der Waals surface area contributed by atoms with E-state index in [0.717, 1.165) is 50.8 Å². The van der Waals surface area contributed by atoms with Crippen molar-refractivity contribution in [3.8, 4) is 0 Å². The summed E-state index contributed by atoms with van der Waals surface area (Å²) in [6.45, 7) is 6.58. The van der Waals surface area contributed by atoms with Crippen LogP contribution in [0.3, 0.4) is 0 Å². The summed E-state index contributed by atoms with van der Waals surface area (Å²) in [5, 5.41) is 5.28. The fraction of sp³-hybridized carbons (Fsp3) is 0.500. The summed E-state index contributed by atoms with van der Waals surface area (Å²) in [7, 11) is 0. The Balaban J connectivity index is 1.56. The van der Waals surface area contributed by atoms with Gasteiger partial charge in [-0.1, -0.05) is 6.07 Å². The van der Waals surface area contributed by atoms with Crippen LogP contribution >= 0.6 is 11.3 Å². The smallest absolute Gasteiger partial charge is 0.188 e. The molecule has 1 aliphatic rings. The van der Waals surface area contributed by atoms with Crippen LogP contribution in [0.2, 0.25) is 0 Å². The predicted octanol–water partition coefficient (Wildman–Crippen LogP) is 2.17. The van der Waals surface area contributed by atoms with Crippen molar-refractivity contribution in [3.63, 3.8) is 0 Å². The molecule has 0 bridgehead atoms. The van der Waals surface area contributed by atoms with Crippen LogP contribution in [0.5, 0.6) is 0 Å². The number of furan rings is 1. The van der Waals surface area contributed by atoms with E-state index in [1.54, 1.807) is 11.3 Å². The third-order valence-corrected chi connectivity index (χ3v) is 5.20. The Morgan fingerprint density at radius 1 is 1.36 bits per heavy atom. The maximum absolute atomic E-state index is 6.04. The topological polar surface area (TPSA) is 76.0 Å². The fourth-order valence-electron chi connectivity index (χ4n) is 2.92. The van der Waals surface area contributed by atoms with Crippen LogP contribution in [0, 0.1) is 6.92 Å². The molecule has 6 nitrogen and oxygen atoms in total. The number of nitrogens with two attached hydrogens (primary N) is 1. The Bertz CT molecular complexity index is 662. The van der Waals surface area contributed by atoms with Gasteiger partial charge in [-0.25, -0.2) is 0 Å². The zero-order chi connectivity index (χ0) is 17.5. The predicted molar refractivity (Wildman–Crippen MR) is 101 cm³/mol. The van der Waals surface area contributed by atoms with Gasteiger partial charge in [0.05, 0.1) is 25.8 Å². The van der Waals surface area contributed by atoms with E-state index in [-0.39, 0.29) is 6.04 Å². The van der Waals surface area contributed by atoms with Crippen molar-refractivity contribution < 1.29 is 9.15 Å². The Labute approximate surface area is 152 Å². The highest BCUT2D eigenvalue weighted by atomic mass is 32.1. The number of ether oxygens (including phenoxy) is 1. The molecule has 1 aliphatic heterocycles. The lowest BCUT2D eigenvalue weighted by atomic mass is 10.2. The normalized spacial score (nSPS) is 17.6. The van der Waals surface area contributed by atoms with E-state index in [0.29, 0.717) is 12.5 Å². The SMILES string of the molecule is Cc1ccc(C(CN=C(N)NCCc2cccs2)N2CCOCC2)o1. The molecule has 0 radical (unpaired) electrons. The molecule has 1 atom stereocenters. The van der Waals surface area contributed by atoms with E-state index in [1.807, 2.05) is 19.1 Å². The van der Waals surface area contributed by atoms with Crippen molar-refractivity contribution in [2.75, 3.05) is 39.4 Å². The number of guanidine groups is 1. The van der Waals surface area contributed by atoms with Crippen LogP contribution in [0.15, 0.2) is 39.1 Å². The molecule has 1 saturated heterocycles. The van der Waals surface area contributed by atoms with Crippen molar-refractivity contribution in [2.45, 2.75) is 19.4 Å². The van der Waals surface area contributed by atoms with Crippen LogP contribution in [0.25, 0.3) is 0 Å². The van der Waals surface area contributed by atoms with Gasteiger partial charge in [0.1, 0.15) is 11.5 Å². The molecule has 1 unspecified atom stereocenters. The average Bonchev–Trinajstić information content (AvgIpc) is 3.28. The third kappa shape index (κ3) is 5.32. The second-order valence-electron chi connectivity index (χ2n) is 6.09. The number of thiophene rings is 1. The Hall–Kier alpha value is -1.83. The van der Waals surface area contributed by atoms with Gasteiger partial charge < -0.3 is 20.2 Å². The van der Waals surface area contributed by atoms with Gasteiger partial charge in [-0.05, 0) is 36.9 Å². The second-order valence-corrected chi connectivity index (χ2v) is 7.13. The molecule has 0 amide bonds. The lowest BCUT2D eigenvalue weighted by Gasteiger charge is -2.32. The van der Waals surface area contributed by atoms with Crippen molar-refractivity contribution in [1.29, 1.82) is 0 Å². The highest BCUT2D eigenvalue weighted by molar-refractivity contribution is 7.09. The van der Waals surface area contributed by atoms with Crippen molar-refractivity contribution >= 4 is 17.3 Å². The minimum absolute atomic E-state index is 0.0928. The van der Waals surface area contributed by atoms with Crippen LogP contribution in [0.4, 0.5) is 0 Å². The molecule has 1 fully saturated rings. The fourth-order valence-corrected chi connectivity index (χ4v) is 3.63. The largest absolute Gasteiger partial charge is 0.465 e. The van der Waals surface area contributed by atoms with Gasteiger partial charge in [0.2, 0.25) is 0 Å². The lowest BCUT2D eigenvalue weighted by Crippen LogP contribution is -2.41. The van der Waals surface area contributed by atoms with E-state index in [2.05, 4.69) is 32.7 Å². The number of aryl methyl sites for hydroxylation is 1. The molecule has 3 rings (SSSR count). The first kappa shape index (κ1) is 18.0. The van der Waals surface area contributed by atoms with E-state index in [4.69, 9.17) is 14.9 Å². The van der Waals surface area contributed by atoms with E-state index >= 15 is 0 Å². The summed E-state index contributed by atoms with van der Waals surface area (Å²) >= 11 is 1.76. The summed E-state index contributed by atoms with van der Waals surface area (Å²) in [6.07, 6.45) is 0.957. The van der Waals surface area contributed by atoms with Crippen molar-refractivity contribution in [2.24, 2.45) is 10.7 Å². The maximum Gasteiger partial charge on any atom is 0.188 e. The molecule has 0 aromatic carbocycles. The zero-order valence-electron chi connectivity index (χ0n) is 14.6. The van der Waals surface area contributed by atoms with Crippen LogP contribution in [-0.2, 0) is 11.2 Å². The number of rotatable bonds is 7. The first-order valence-corrected chi connectivity index (χ1v) is 9.54. The Morgan fingerprint density at radius 2 is 2.20 bits per heavy atom. The number of aliphatic imine (C=N–C) groups is 1. The molecular formula is C18H26N4O2S. The van der Waals surface area contributed by atoms with E-state index in [1.165, 1.54) is 4.88 Å². The van der Waals surface area contributed by atoms with Crippen LogP contribution < -0.4 is 11.1 Å². The molecule has 3 N–H and O–H groups in total. The van der Waals surface area contributed by atoms with Gasteiger partial charge >= 0.3 is 0 Å². The number of nitrogens with one attached hydrogen (secondary N) is 1. The highest BCUT2D eigenvalue weighted by Gasteiger charge is 2.25. The van der Waals surface area contributed by atoms with E-state index in [9.17, 15) is 0 Å². The summed E-state index contributed by atoms with van der Waals surface area (Å²) < 4.78 is 11.3. The lowest BCUT2D eigenvalue weighted by molar-refractivity contribution is 0.0135. The molecule has 7 heteroatoms. The Kier molecular flexibility index (Phi) is 6.49. The summed E-state index contributed by atoms with van der Waals surface area (Å²) in [4.78, 5) is 8.24. The molecule has 0 saturated carbocycles. The molecule has 3 heterocycles. The molecule has 0 spiro atoms. The van der Waals surface area contributed by atoms with Crippen LogP contribution in [-0.4, -0.2) is 50.3 Å². The minimum Gasteiger partial charge on any atom is -0.465 e. The molecule has 136 valence electrons. The standard InChI is InChI=1S/C18H26N4O2S/c1-14-4-5-17(24-14)16(22-8-10-23-11-9-22)13-21-18(19)20-7-6-15-3-2-12-25-15/h2-5,12,16H,6-11,13H2,1H3,(H3,19,20,21). The summed E-state index contributed by atoms with van der Waals surface area (Å²) in [5.41, 5.74) is 6.04. The monoisotopic (exact) mass is 362 g/mol. The van der Waals surface area contributed by atoms with E-state index < -0.39 is 0 Å². The first-order valence-electron chi connectivity index (χ1n) is 8.66. The van der Waals surface area contributed by atoms with Gasteiger partial charge in [0, 0.05) is 24.5 Å². The molecular weight excluding hydrogens is 336 g/mol. The molecule has 2 aromatic heterocycles. The van der Waals surface area contributed by atoms with Crippen LogP contribution in [0.1, 0.15) is 22.4 Å². The van der Waals surface area contributed by atoms with Gasteiger partial charge in [-0.2, -0.15) is 0 Å². The quantitative estimate of drug-likeness (QED) is 0.583. The number of morpholine rings is 1. The summed E-state index contributed by atoms with van der Waals surface area (Å²) in [6, 6.07) is 8.32. The molecule has 25 heavy (non-hydrogen) atoms. The number of hydrogen-bond donors (Lipinski definition) is 2. The summed E-state index contributed by atoms with van der Waals surface area (Å²) in [5.74, 6) is 2.34. The molecule has 2 aromatic rings. The second kappa shape index (κ2) is 9.03. The highest BCUT2D eigenvalue weighted by Crippen LogP contribution is 2.24.